The first-order chi connectivity index (χ1) is 8.65. The number of nitrogens with zero attached hydrogens (tertiary/aromatic N) is 4. The van der Waals surface area contributed by atoms with E-state index in [0.717, 1.165) is 61.1 Å². The molecule has 0 amide bonds. The minimum absolute atomic E-state index is 0.776. The zero-order valence-electron chi connectivity index (χ0n) is 10.9. The van der Waals surface area contributed by atoms with Gasteiger partial charge in [-0.05, 0) is 13.8 Å². The average molecular weight is 271 g/mol. The first-order valence-electron chi connectivity index (χ1n) is 6.29. The summed E-state index contributed by atoms with van der Waals surface area (Å²) in [6.07, 6.45) is 1.65. The number of rotatable bonds is 3. The monoisotopic (exact) mass is 270 g/mol. The van der Waals surface area contributed by atoms with Gasteiger partial charge in [-0.3, -0.25) is 9.58 Å². The summed E-state index contributed by atoms with van der Waals surface area (Å²) in [4.78, 5) is 2.32. The summed E-state index contributed by atoms with van der Waals surface area (Å²) in [5, 5.41) is 17.2. The van der Waals surface area contributed by atoms with E-state index in [9.17, 15) is 0 Å². The first kappa shape index (κ1) is 13.4. The second-order valence-electron chi connectivity index (χ2n) is 4.60. The molecule has 100 valence electrons. The molecule has 1 aromatic heterocycles. The minimum atomic E-state index is 0.776. The topological polar surface area (TPSA) is 53.7 Å². The number of halogens is 1. The van der Waals surface area contributed by atoms with Crippen molar-refractivity contribution < 1.29 is 5.21 Å². The van der Waals surface area contributed by atoms with Gasteiger partial charge in [-0.15, -0.1) is 0 Å². The maximum atomic E-state index is 8.73. The van der Waals surface area contributed by atoms with Crippen molar-refractivity contribution in [1.29, 1.82) is 0 Å². The van der Waals surface area contributed by atoms with Gasteiger partial charge in [0.25, 0.3) is 0 Å². The van der Waals surface area contributed by atoms with Crippen LogP contribution in [0, 0.1) is 6.92 Å². The van der Waals surface area contributed by atoms with Gasteiger partial charge in [0.15, 0.2) is 0 Å². The predicted molar refractivity (Wildman–Crippen MR) is 71.4 cm³/mol. The second-order valence-corrected chi connectivity index (χ2v) is 4.98. The normalized spacial score (nSPS) is 17.2. The molecule has 0 aliphatic carbocycles. The van der Waals surface area contributed by atoms with Gasteiger partial charge in [0, 0.05) is 39.0 Å². The second kappa shape index (κ2) is 5.71. The van der Waals surface area contributed by atoms with Gasteiger partial charge in [0.05, 0.1) is 22.1 Å². The molecule has 0 atom stereocenters. The largest absolute Gasteiger partial charge is 0.411 e. The van der Waals surface area contributed by atoms with E-state index in [1.807, 2.05) is 11.6 Å². The van der Waals surface area contributed by atoms with Gasteiger partial charge in [0.1, 0.15) is 0 Å². The maximum absolute atomic E-state index is 8.73. The van der Waals surface area contributed by atoms with Gasteiger partial charge in [-0.25, -0.2) is 0 Å². The zero-order chi connectivity index (χ0) is 13.1. The van der Waals surface area contributed by atoms with Gasteiger partial charge >= 0.3 is 0 Å². The molecule has 1 N–H and O–H groups in total. The number of aryl methyl sites for hydroxylation is 2. The summed E-state index contributed by atoms with van der Waals surface area (Å²) in [5.74, 6) is 0. The molecular formula is C12H19ClN4O. The van der Waals surface area contributed by atoms with E-state index in [-0.39, 0.29) is 0 Å². The lowest BCUT2D eigenvalue weighted by Crippen LogP contribution is -2.34. The Hall–Kier alpha value is -1.07. The third kappa shape index (κ3) is 2.67. The average Bonchev–Trinajstić information content (AvgIpc) is 2.67. The quantitative estimate of drug-likeness (QED) is 0.677. The van der Waals surface area contributed by atoms with Gasteiger partial charge < -0.3 is 5.21 Å². The number of piperidine rings is 1. The Balaban J connectivity index is 2.06. The van der Waals surface area contributed by atoms with Crippen LogP contribution in [-0.4, -0.2) is 38.7 Å². The van der Waals surface area contributed by atoms with Crippen LogP contribution in [0.2, 0.25) is 5.02 Å². The van der Waals surface area contributed by atoms with Crippen molar-refractivity contribution in [3.05, 3.63) is 16.4 Å². The molecule has 1 aliphatic rings. The molecule has 1 fully saturated rings. The molecule has 0 aromatic carbocycles. The summed E-state index contributed by atoms with van der Waals surface area (Å²) >= 11 is 6.29. The highest BCUT2D eigenvalue weighted by atomic mass is 35.5. The molecule has 5 nitrogen and oxygen atoms in total. The van der Waals surface area contributed by atoms with Crippen molar-refractivity contribution >= 4 is 17.3 Å². The first-order valence-corrected chi connectivity index (χ1v) is 6.67. The van der Waals surface area contributed by atoms with Crippen LogP contribution in [0.5, 0.6) is 0 Å². The highest BCUT2D eigenvalue weighted by molar-refractivity contribution is 6.31. The fraction of sp³-hybridized carbons (Fsp3) is 0.667. The van der Waals surface area contributed by atoms with Crippen molar-refractivity contribution in [3.63, 3.8) is 0 Å². The van der Waals surface area contributed by atoms with Gasteiger partial charge in [0.2, 0.25) is 0 Å². The summed E-state index contributed by atoms with van der Waals surface area (Å²) in [7, 11) is 0. The van der Waals surface area contributed by atoms with E-state index in [0.29, 0.717) is 0 Å². The molecule has 2 rings (SSSR count). The molecule has 1 aromatic rings. The zero-order valence-corrected chi connectivity index (χ0v) is 11.6. The maximum Gasteiger partial charge on any atom is 0.0860 e. The fourth-order valence-corrected chi connectivity index (χ4v) is 2.50. The number of oxime groups is 1. The van der Waals surface area contributed by atoms with Crippen molar-refractivity contribution in [1.82, 2.24) is 14.7 Å². The molecule has 0 radical (unpaired) electrons. The third-order valence-corrected chi connectivity index (χ3v) is 3.89. The van der Waals surface area contributed by atoms with Crippen LogP contribution in [-0.2, 0) is 13.1 Å². The highest BCUT2D eigenvalue weighted by Gasteiger charge is 2.19. The summed E-state index contributed by atoms with van der Waals surface area (Å²) in [6, 6.07) is 0. The van der Waals surface area contributed by atoms with Crippen LogP contribution >= 0.6 is 11.6 Å². The van der Waals surface area contributed by atoms with Crippen LogP contribution in [0.4, 0.5) is 0 Å². The molecule has 2 heterocycles. The number of likely N-dealkylation sites (tertiary alicyclic amines) is 1. The molecule has 1 saturated heterocycles. The van der Waals surface area contributed by atoms with Crippen molar-refractivity contribution in [2.24, 2.45) is 5.16 Å². The Kier molecular flexibility index (Phi) is 4.24. The summed E-state index contributed by atoms with van der Waals surface area (Å²) in [6.45, 7) is 7.46. The molecule has 0 saturated carbocycles. The molecule has 6 heteroatoms. The fourth-order valence-electron chi connectivity index (χ4n) is 2.30. The Morgan fingerprint density at radius 3 is 2.61 bits per heavy atom. The van der Waals surface area contributed by atoms with Crippen LogP contribution in [0.25, 0.3) is 0 Å². The van der Waals surface area contributed by atoms with Gasteiger partial charge in [-0.1, -0.05) is 16.8 Å². The Bertz CT molecular complexity index is 445. The van der Waals surface area contributed by atoms with E-state index < -0.39 is 0 Å². The summed E-state index contributed by atoms with van der Waals surface area (Å²) < 4.78 is 1.97. The Morgan fingerprint density at radius 1 is 1.39 bits per heavy atom. The molecule has 0 bridgehead atoms. The molecule has 1 aliphatic heterocycles. The van der Waals surface area contributed by atoms with Crippen LogP contribution < -0.4 is 0 Å². The highest BCUT2D eigenvalue weighted by Crippen LogP contribution is 2.22. The van der Waals surface area contributed by atoms with E-state index in [1.54, 1.807) is 0 Å². The predicted octanol–water partition coefficient (Wildman–Crippen LogP) is 2.29. The van der Waals surface area contributed by atoms with Crippen LogP contribution in [0.1, 0.15) is 31.2 Å². The third-order valence-electron chi connectivity index (χ3n) is 3.40. The standard InChI is InChI=1S/C12H19ClN4O/c1-3-17-11(12(13)9(2)14-17)8-16-6-4-10(15-18)5-7-16/h18H,3-8H2,1-2H3. The van der Waals surface area contributed by atoms with Crippen molar-refractivity contribution in [2.75, 3.05) is 13.1 Å². The SMILES string of the molecule is CCn1nc(C)c(Cl)c1CN1CCC(=NO)CC1. The Morgan fingerprint density at radius 2 is 2.06 bits per heavy atom. The molecule has 0 spiro atoms. The van der Waals surface area contributed by atoms with Gasteiger partial charge in [-0.2, -0.15) is 5.10 Å². The Labute approximate surface area is 112 Å². The minimum Gasteiger partial charge on any atom is -0.411 e. The lowest BCUT2D eigenvalue weighted by Gasteiger charge is -2.27. The van der Waals surface area contributed by atoms with E-state index in [1.165, 1.54) is 0 Å². The number of aromatic nitrogens is 2. The molecule has 18 heavy (non-hydrogen) atoms. The molecular weight excluding hydrogens is 252 g/mol. The lowest BCUT2D eigenvalue weighted by atomic mass is 10.1. The van der Waals surface area contributed by atoms with Crippen molar-refractivity contribution in [3.8, 4) is 0 Å². The van der Waals surface area contributed by atoms with E-state index >= 15 is 0 Å². The van der Waals surface area contributed by atoms with E-state index in [2.05, 4.69) is 22.1 Å². The molecule has 0 unspecified atom stereocenters. The lowest BCUT2D eigenvalue weighted by molar-refractivity contribution is 0.249. The van der Waals surface area contributed by atoms with E-state index in [4.69, 9.17) is 16.8 Å². The smallest absolute Gasteiger partial charge is 0.0860 e. The number of hydrogen-bond donors (Lipinski definition) is 1. The van der Waals surface area contributed by atoms with Crippen molar-refractivity contribution in [2.45, 2.75) is 39.8 Å². The van der Waals surface area contributed by atoms with Crippen LogP contribution in [0.3, 0.4) is 0 Å². The summed E-state index contributed by atoms with van der Waals surface area (Å²) in [5.41, 5.74) is 2.86. The van der Waals surface area contributed by atoms with Crippen LogP contribution in [0.15, 0.2) is 5.16 Å². The number of hydrogen-bond acceptors (Lipinski definition) is 4.